The fraction of sp³-hybridized carbons (Fsp3) is 0. The molecule has 3 N–H and O–H groups in total. The summed E-state index contributed by atoms with van der Waals surface area (Å²) in [5, 5.41) is 19.3. The number of aromatic amines is 1. The molecule has 0 fully saturated rings. The van der Waals surface area contributed by atoms with E-state index >= 15 is 0 Å². The van der Waals surface area contributed by atoms with Crippen molar-refractivity contribution in [3.05, 3.63) is 78.9 Å². The van der Waals surface area contributed by atoms with Gasteiger partial charge in [0, 0.05) is 16.7 Å². The highest BCUT2D eigenvalue weighted by Gasteiger charge is 2.15. The smallest absolute Gasteiger partial charge is 0.138 e. The number of hydrogen-bond donors (Lipinski definition) is 3. The van der Waals surface area contributed by atoms with Gasteiger partial charge in [0.1, 0.15) is 17.3 Å². The van der Waals surface area contributed by atoms with Gasteiger partial charge in [-0.05, 0) is 36.4 Å². The van der Waals surface area contributed by atoms with E-state index in [1.54, 1.807) is 30.3 Å². The summed E-state index contributed by atoms with van der Waals surface area (Å²) in [6.07, 6.45) is 0. The lowest BCUT2D eigenvalue weighted by Crippen LogP contribution is -1.83. The monoisotopic (exact) mass is 328 g/mol. The molecule has 0 saturated carbocycles. The minimum atomic E-state index is 0.196. The van der Waals surface area contributed by atoms with E-state index in [0.717, 1.165) is 28.1 Å². The first-order valence-corrected chi connectivity index (χ1v) is 7.95. The molecule has 4 rings (SSSR count). The molecule has 0 aliphatic carbocycles. The molecule has 25 heavy (non-hydrogen) atoms. The standard InChI is InChI=1S/C21H16N2O2/c24-17-11-9-15(10-12-17)20-19(14-5-2-1-3-6-14)22-21(23-20)16-7-4-8-18(25)13-16/h1-13,24-25H,(H,22,23). The fourth-order valence-corrected chi connectivity index (χ4v) is 2.81. The van der Waals surface area contributed by atoms with Gasteiger partial charge in [0.15, 0.2) is 0 Å². The van der Waals surface area contributed by atoms with Crippen molar-refractivity contribution < 1.29 is 10.2 Å². The molecule has 0 radical (unpaired) electrons. The number of hydrogen-bond acceptors (Lipinski definition) is 3. The lowest BCUT2D eigenvalue weighted by atomic mass is 10.1. The average molecular weight is 328 g/mol. The summed E-state index contributed by atoms with van der Waals surface area (Å²) in [5.74, 6) is 1.09. The zero-order valence-electron chi connectivity index (χ0n) is 13.3. The van der Waals surface area contributed by atoms with E-state index in [2.05, 4.69) is 4.98 Å². The lowest BCUT2D eigenvalue weighted by molar-refractivity contribution is 0.475. The molecule has 4 aromatic rings. The van der Waals surface area contributed by atoms with Crippen LogP contribution in [0.2, 0.25) is 0 Å². The highest BCUT2D eigenvalue weighted by Crippen LogP contribution is 2.34. The zero-order valence-corrected chi connectivity index (χ0v) is 13.3. The van der Waals surface area contributed by atoms with E-state index in [-0.39, 0.29) is 11.5 Å². The molecule has 0 aliphatic heterocycles. The topological polar surface area (TPSA) is 69.1 Å². The Morgan fingerprint density at radius 2 is 1.36 bits per heavy atom. The summed E-state index contributed by atoms with van der Waals surface area (Å²) in [5.41, 5.74) is 4.42. The molecule has 122 valence electrons. The van der Waals surface area contributed by atoms with Crippen LogP contribution in [0.4, 0.5) is 0 Å². The van der Waals surface area contributed by atoms with Crippen LogP contribution in [0.5, 0.6) is 11.5 Å². The summed E-state index contributed by atoms with van der Waals surface area (Å²) in [7, 11) is 0. The number of aromatic nitrogens is 2. The maximum Gasteiger partial charge on any atom is 0.138 e. The number of H-pyrrole nitrogens is 1. The first kappa shape index (κ1) is 15.0. The van der Waals surface area contributed by atoms with Crippen LogP contribution in [0.1, 0.15) is 0 Å². The lowest BCUT2D eigenvalue weighted by Gasteiger charge is -2.03. The van der Waals surface area contributed by atoms with Gasteiger partial charge in [-0.25, -0.2) is 4.98 Å². The number of aromatic hydroxyl groups is 2. The Bertz CT molecular complexity index is 1010. The van der Waals surface area contributed by atoms with Gasteiger partial charge < -0.3 is 15.2 Å². The molecule has 0 spiro atoms. The van der Waals surface area contributed by atoms with Crippen molar-refractivity contribution in [2.24, 2.45) is 0 Å². The highest BCUT2D eigenvalue weighted by atomic mass is 16.3. The van der Waals surface area contributed by atoms with Crippen molar-refractivity contribution in [2.45, 2.75) is 0 Å². The molecular formula is C21H16N2O2. The van der Waals surface area contributed by atoms with E-state index in [0.29, 0.717) is 5.82 Å². The number of benzene rings is 3. The molecule has 0 aliphatic rings. The van der Waals surface area contributed by atoms with Crippen LogP contribution in [0.15, 0.2) is 78.9 Å². The third-order valence-electron chi connectivity index (χ3n) is 4.03. The molecule has 0 unspecified atom stereocenters. The molecule has 0 amide bonds. The number of nitrogens with one attached hydrogen (secondary N) is 1. The molecule has 0 saturated heterocycles. The number of rotatable bonds is 3. The second-order valence-electron chi connectivity index (χ2n) is 5.77. The van der Waals surface area contributed by atoms with Gasteiger partial charge in [-0.2, -0.15) is 0 Å². The van der Waals surface area contributed by atoms with E-state index in [1.807, 2.05) is 48.5 Å². The summed E-state index contributed by atoms with van der Waals surface area (Å²) in [6, 6.07) is 23.9. The average Bonchev–Trinajstić information content (AvgIpc) is 3.08. The van der Waals surface area contributed by atoms with Gasteiger partial charge in [-0.15, -0.1) is 0 Å². The summed E-state index contributed by atoms with van der Waals surface area (Å²) in [6.45, 7) is 0. The van der Waals surface area contributed by atoms with Gasteiger partial charge in [0.25, 0.3) is 0 Å². The minimum Gasteiger partial charge on any atom is -0.508 e. The number of nitrogens with zero attached hydrogens (tertiary/aromatic N) is 1. The Balaban J connectivity index is 1.90. The Morgan fingerprint density at radius 3 is 2.08 bits per heavy atom. The van der Waals surface area contributed by atoms with E-state index in [9.17, 15) is 10.2 Å². The van der Waals surface area contributed by atoms with Gasteiger partial charge in [0.05, 0.1) is 11.4 Å². The summed E-state index contributed by atoms with van der Waals surface area (Å²) in [4.78, 5) is 8.12. The maximum atomic E-state index is 9.75. The number of imidazole rings is 1. The van der Waals surface area contributed by atoms with Crippen LogP contribution in [-0.2, 0) is 0 Å². The first-order chi connectivity index (χ1) is 12.2. The van der Waals surface area contributed by atoms with Crippen molar-refractivity contribution in [1.29, 1.82) is 0 Å². The van der Waals surface area contributed by atoms with Gasteiger partial charge in [-0.1, -0.05) is 42.5 Å². The second kappa shape index (κ2) is 6.17. The third-order valence-corrected chi connectivity index (χ3v) is 4.03. The quantitative estimate of drug-likeness (QED) is 0.505. The highest BCUT2D eigenvalue weighted by molar-refractivity contribution is 5.81. The maximum absolute atomic E-state index is 9.75. The Hall–Kier alpha value is -3.53. The van der Waals surface area contributed by atoms with Crippen molar-refractivity contribution in [3.8, 4) is 45.4 Å². The third kappa shape index (κ3) is 2.97. The van der Waals surface area contributed by atoms with Gasteiger partial charge in [-0.3, -0.25) is 0 Å². The van der Waals surface area contributed by atoms with Crippen LogP contribution in [-0.4, -0.2) is 20.2 Å². The molecule has 4 heteroatoms. The summed E-state index contributed by atoms with van der Waals surface area (Å²) >= 11 is 0. The number of phenols is 2. The predicted molar refractivity (Wildman–Crippen MR) is 98.2 cm³/mol. The second-order valence-corrected chi connectivity index (χ2v) is 5.77. The largest absolute Gasteiger partial charge is 0.508 e. The van der Waals surface area contributed by atoms with Crippen LogP contribution >= 0.6 is 0 Å². The van der Waals surface area contributed by atoms with Crippen LogP contribution in [0, 0.1) is 0 Å². The fourth-order valence-electron chi connectivity index (χ4n) is 2.81. The van der Waals surface area contributed by atoms with Crippen LogP contribution < -0.4 is 0 Å². The van der Waals surface area contributed by atoms with E-state index < -0.39 is 0 Å². The minimum absolute atomic E-state index is 0.196. The molecular weight excluding hydrogens is 312 g/mol. The molecule has 1 aromatic heterocycles. The van der Waals surface area contributed by atoms with Crippen molar-refractivity contribution >= 4 is 0 Å². The SMILES string of the molecule is Oc1ccc(-c2[nH]c(-c3cccc(O)c3)nc2-c2ccccc2)cc1. The molecule has 0 bridgehead atoms. The Kier molecular flexibility index (Phi) is 3.71. The molecule has 3 aromatic carbocycles. The molecule has 1 heterocycles. The van der Waals surface area contributed by atoms with Gasteiger partial charge in [0.2, 0.25) is 0 Å². The van der Waals surface area contributed by atoms with Crippen LogP contribution in [0.25, 0.3) is 33.9 Å². The Labute approximate surface area is 145 Å². The first-order valence-electron chi connectivity index (χ1n) is 7.95. The Morgan fingerprint density at radius 1 is 0.640 bits per heavy atom. The zero-order chi connectivity index (χ0) is 17.2. The molecule has 4 nitrogen and oxygen atoms in total. The van der Waals surface area contributed by atoms with Gasteiger partial charge >= 0.3 is 0 Å². The predicted octanol–water partition coefficient (Wildman–Crippen LogP) is 4.82. The normalized spacial score (nSPS) is 10.7. The molecule has 0 atom stereocenters. The number of phenolic OH excluding ortho intramolecular Hbond substituents is 2. The summed E-state index contributed by atoms with van der Waals surface area (Å²) < 4.78 is 0. The van der Waals surface area contributed by atoms with E-state index in [1.165, 1.54) is 0 Å². The van der Waals surface area contributed by atoms with Crippen molar-refractivity contribution in [2.75, 3.05) is 0 Å². The van der Waals surface area contributed by atoms with Crippen molar-refractivity contribution in [1.82, 2.24) is 9.97 Å². The van der Waals surface area contributed by atoms with E-state index in [4.69, 9.17) is 4.98 Å². The van der Waals surface area contributed by atoms with Crippen molar-refractivity contribution in [3.63, 3.8) is 0 Å². The van der Waals surface area contributed by atoms with Crippen LogP contribution in [0.3, 0.4) is 0 Å².